The smallest absolute Gasteiger partial charge is 0.244 e. The van der Waals surface area contributed by atoms with Crippen LogP contribution in [0, 0.1) is 11.8 Å². The van der Waals surface area contributed by atoms with E-state index in [9.17, 15) is 4.79 Å². The number of carbonyl (C=O) groups excluding carboxylic acids is 1. The van der Waals surface area contributed by atoms with Gasteiger partial charge in [0.05, 0.1) is 11.7 Å². The Hall–Kier alpha value is -0.220. The quantitative estimate of drug-likeness (QED) is 0.816. The number of hydrogen-bond donors (Lipinski definition) is 1. The van der Waals surface area contributed by atoms with Gasteiger partial charge in [-0.25, -0.2) is 0 Å². The second kappa shape index (κ2) is 4.81. The third-order valence-electron chi connectivity index (χ3n) is 3.77. The summed E-state index contributed by atoms with van der Waals surface area (Å²) in [7, 11) is 0. The highest BCUT2D eigenvalue weighted by atomic mass is 32.2. The van der Waals surface area contributed by atoms with Crippen molar-refractivity contribution in [2.75, 3.05) is 18.6 Å². The Morgan fingerprint density at radius 3 is 2.59 bits per heavy atom. The standard InChI is InChI=1S/C13H24N2OS/c1-9(2)11-14-13(5-6-13)12(16)15(11)7-10(3)8-17-4/h9-11,14H,5-8H2,1-4H3. The molecule has 1 heterocycles. The molecule has 1 aliphatic heterocycles. The predicted octanol–water partition coefficient (Wildman–Crippen LogP) is 1.93. The molecule has 2 rings (SSSR count). The lowest BCUT2D eigenvalue weighted by Gasteiger charge is -2.29. The highest BCUT2D eigenvalue weighted by Crippen LogP contribution is 2.43. The molecular formula is C13H24N2OS. The van der Waals surface area contributed by atoms with E-state index < -0.39 is 0 Å². The van der Waals surface area contributed by atoms with Crippen LogP contribution in [0.1, 0.15) is 33.6 Å². The molecule has 17 heavy (non-hydrogen) atoms. The second-order valence-corrected chi connectivity index (χ2v) is 6.84. The molecule has 1 N–H and O–H groups in total. The van der Waals surface area contributed by atoms with Crippen LogP contribution in [0.4, 0.5) is 0 Å². The molecular weight excluding hydrogens is 232 g/mol. The van der Waals surface area contributed by atoms with Gasteiger partial charge in [-0.05, 0) is 36.7 Å². The molecule has 0 aromatic carbocycles. The molecule has 2 aliphatic rings. The van der Waals surface area contributed by atoms with Gasteiger partial charge in [0.15, 0.2) is 0 Å². The summed E-state index contributed by atoms with van der Waals surface area (Å²) < 4.78 is 0. The maximum atomic E-state index is 12.4. The molecule has 0 aromatic heterocycles. The van der Waals surface area contributed by atoms with Crippen molar-refractivity contribution in [1.29, 1.82) is 0 Å². The summed E-state index contributed by atoms with van der Waals surface area (Å²) in [5.41, 5.74) is -0.159. The number of carbonyl (C=O) groups is 1. The highest BCUT2D eigenvalue weighted by Gasteiger charge is 2.59. The van der Waals surface area contributed by atoms with E-state index in [4.69, 9.17) is 0 Å². The van der Waals surface area contributed by atoms with Crippen LogP contribution in [-0.4, -0.2) is 41.1 Å². The third-order valence-corrected chi connectivity index (χ3v) is 4.67. The van der Waals surface area contributed by atoms with Crippen LogP contribution in [0.15, 0.2) is 0 Å². The zero-order valence-electron chi connectivity index (χ0n) is 11.3. The molecule has 98 valence electrons. The Kier molecular flexibility index (Phi) is 3.74. The van der Waals surface area contributed by atoms with Gasteiger partial charge >= 0.3 is 0 Å². The van der Waals surface area contributed by atoms with Gasteiger partial charge in [-0.1, -0.05) is 20.8 Å². The van der Waals surface area contributed by atoms with E-state index in [0.29, 0.717) is 17.7 Å². The Bertz CT molecular complexity index is 302. The zero-order chi connectivity index (χ0) is 12.6. The Balaban J connectivity index is 2.04. The van der Waals surface area contributed by atoms with Crippen LogP contribution in [-0.2, 0) is 4.79 Å². The van der Waals surface area contributed by atoms with Crippen molar-refractivity contribution in [3.05, 3.63) is 0 Å². The van der Waals surface area contributed by atoms with Crippen LogP contribution in [0.3, 0.4) is 0 Å². The summed E-state index contributed by atoms with van der Waals surface area (Å²) >= 11 is 1.86. The Morgan fingerprint density at radius 2 is 2.12 bits per heavy atom. The summed E-state index contributed by atoms with van der Waals surface area (Å²) in [6.07, 6.45) is 4.43. The molecule has 2 unspecified atom stereocenters. The van der Waals surface area contributed by atoms with Gasteiger partial charge in [0.2, 0.25) is 5.91 Å². The lowest BCUT2D eigenvalue weighted by molar-refractivity contribution is -0.131. The van der Waals surface area contributed by atoms with Crippen molar-refractivity contribution in [3.8, 4) is 0 Å². The second-order valence-electron chi connectivity index (χ2n) is 5.93. The molecule has 1 spiro atoms. The van der Waals surface area contributed by atoms with Crippen molar-refractivity contribution in [1.82, 2.24) is 10.2 Å². The first-order valence-electron chi connectivity index (χ1n) is 6.58. The lowest BCUT2D eigenvalue weighted by Crippen LogP contribution is -2.43. The minimum atomic E-state index is -0.159. The van der Waals surface area contributed by atoms with Gasteiger partial charge in [0.25, 0.3) is 0 Å². The molecule has 0 aromatic rings. The van der Waals surface area contributed by atoms with Gasteiger partial charge < -0.3 is 4.90 Å². The van der Waals surface area contributed by atoms with E-state index in [-0.39, 0.29) is 11.7 Å². The SMILES string of the molecule is CSCC(C)CN1C(=O)C2(CC2)NC1C(C)C. The molecule has 0 bridgehead atoms. The molecule has 3 nitrogen and oxygen atoms in total. The monoisotopic (exact) mass is 256 g/mol. The molecule has 2 atom stereocenters. The fourth-order valence-corrected chi connectivity index (χ4v) is 3.38. The molecule has 1 amide bonds. The summed E-state index contributed by atoms with van der Waals surface area (Å²) in [5, 5.41) is 3.56. The number of nitrogens with one attached hydrogen (secondary N) is 1. The van der Waals surface area contributed by atoms with Crippen LogP contribution >= 0.6 is 11.8 Å². The number of thioether (sulfide) groups is 1. The van der Waals surface area contributed by atoms with Crippen LogP contribution in [0.25, 0.3) is 0 Å². The summed E-state index contributed by atoms with van der Waals surface area (Å²) in [6, 6.07) is 0. The third kappa shape index (κ3) is 2.48. The van der Waals surface area contributed by atoms with E-state index in [2.05, 4.69) is 37.2 Å². The average molecular weight is 256 g/mol. The topological polar surface area (TPSA) is 32.3 Å². The normalized spacial score (nSPS) is 28.2. The largest absolute Gasteiger partial charge is 0.325 e. The molecule has 1 aliphatic carbocycles. The van der Waals surface area contributed by atoms with Crippen LogP contribution in [0.2, 0.25) is 0 Å². The fourth-order valence-electron chi connectivity index (χ4n) is 2.70. The van der Waals surface area contributed by atoms with Gasteiger partial charge in [0.1, 0.15) is 0 Å². The zero-order valence-corrected chi connectivity index (χ0v) is 12.1. The van der Waals surface area contributed by atoms with Crippen molar-refractivity contribution < 1.29 is 4.79 Å². The summed E-state index contributed by atoms with van der Waals surface area (Å²) in [5.74, 6) is 2.54. The highest BCUT2D eigenvalue weighted by molar-refractivity contribution is 7.98. The first-order chi connectivity index (χ1) is 8.00. The van der Waals surface area contributed by atoms with E-state index in [1.54, 1.807) is 0 Å². The number of rotatable bonds is 5. The maximum Gasteiger partial charge on any atom is 0.244 e. The van der Waals surface area contributed by atoms with E-state index >= 15 is 0 Å². The minimum Gasteiger partial charge on any atom is -0.325 e. The van der Waals surface area contributed by atoms with Gasteiger partial charge in [-0.15, -0.1) is 0 Å². The Morgan fingerprint density at radius 1 is 1.47 bits per heavy atom. The Labute approximate surface area is 109 Å². The molecule has 0 radical (unpaired) electrons. The first kappa shape index (κ1) is 13.2. The summed E-state index contributed by atoms with van der Waals surface area (Å²) in [4.78, 5) is 14.5. The van der Waals surface area contributed by atoms with Crippen LogP contribution in [0.5, 0.6) is 0 Å². The number of hydrogen-bond acceptors (Lipinski definition) is 3. The molecule has 1 saturated carbocycles. The number of amides is 1. The summed E-state index contributed by atoms with van der Waals surface area (Å²) in [6.45, 7) is 7.52. The van der Waals surface area contributed by atoms with E-state index in [1.807, 2.05) is 11.8 Å². The minimum absolute atomic E-state index is 0.159. The fraction of sp³-hybridized carbons (Fsp3) is 0.923. The molecule has 4 heteroatoms. The van der Waals surface area contributed by atoms with Crippen LogP contribution < -0.4 is 5.32 Å². The first-order valence-corrected chi connectivity index (χ1v) is 7.97. The molecule has 1 saturated heterocycles. The number of nitrogens with zero attached hydrogens (tertiary/aromatic N) is 1. The van der Waals surface area contributed by atoms with Crippen molar-refractivity contribution in [3.63, 3.8) is 0 Å². The predicted molar refractivity (Wildman–Crippen MR) is 73.0 cm³/mol. The van der Waals surface area contributed by atoms with Crippen molar-refractivity contribution >= 4 is 17.7 Å². The van der Waals surface area contributed by atoms with Gasteiger partial charge in [0, 0.05) is 6.54 Å². The lowest BCUT2D eigenvalue weighted by atomic mass is 10.1. The van der Waals surface area contributed by atoms with Crippen molar-refractivity contribution in [2.24, 2.45) is 11.8 Å². The van der Waals surface area contributed by atoms with E-state index in [0.717, 1.165) is 25.1 Å². The maximum absolute atomic E-state index is 12.4. The van der Waals surface area contributed by atoms with Crippen molar-refractivity contribution in [2.45, 2.75) is 45.3 Å². The van der Waals surface area contributed by atoms with E-state index in [1.165, 1.54) is 0 Å². The van der Waals surface area contributed by atoms with Gasteiger partial charge in [-0.3, -0.25) is 10.1 Å². The molecule has 2 fully saturated rings. The average Bonchev–Trinajstić information content (AvgIpc) is 2.98. The van der Waals surface area contributed by atoms with Gasteiger partial charge in [-0.2, -0.15) is 11.8 Å².